The highest BCUT2D eigenvalue weighted by Crippen LogP contribution is 2.31. The molecule has 1 N–H and O–H groups in total. The van der Waals surface area contributed by atoms with Crippen molar-refractivity contribution in [2.75, 3.05) is 18.0 Å². The fraction of sp³-hybridized carbons (Fsp3) is 0.429. The molecule has 1 aliphatic rings. The van der Waals surface area contributed by atoms with E-state index in [2.05, 4.69) is 15.1 Å². The Balaban J connectivity index is 1.71. The van der Waals surface area contributed by atoms with Gasteiger partial charge in [-0.25, -0.2) is 9.89 Å². The van der Waals surface area contributed by atoms with Crippen LogP contribution in [-0.2, 0) is 0 Å². The van der Waals surface area contributed by atoms with Crippen LogP contribution >= 0.6 is 0 Å². The third kappa shape index (κ3) is 2.72. The average molecular weight is 304 g/mol. The SMILES string of the molecule is Cc1cc([N+](=O)[O-])ccc1N1CCC(c2n[nH]c(=O)o2)CC1. The molecule has 1 fully saturated rings. The Labute approximate surface area is 125 Å². The zero-order chi connectivity index (χ0) is 15.7. The summed E-state index contributed by atoms with van der Waals surface area (Å²) in [5.41, 5.74) is 2.00. The zero-order valence-electron chi connectivity index (χ0n) is 12.1. The van der Waals surface area contributed by atoms with Gasteiger partial charge in [-0.15, -0.1) is 5.10 Å². The first-order chi connectivity index (χ1) is 10.5. The van der Waals surface area contributed by atoms with Crippen LogP contribution in [0.2, 0.25) is 0 Å². The second-order valence-electron chi connectivity index (χ2n) is 5.44. The first-order valence-corrected chi connectivity index (χ1v) is 7.10. The van der Waals surface area contributed by atoms with Crippen molar-refractivity contribution in [3.8, 4) is 0 Å². The summed E-state index contributed by atoms with van der Waals surface area (Å²) in [4.78, 5) is 23.6. The molecule has 0 atom stereocenters. The number of non-ortho nitro benzene ring substituents is 1. The molecular formula is C14H16N4O4. The summed E-state index contributed by atoms with van der Waals surface area (Å²) in [5.74, 6) is 0.0715. The fourth-order valence-electron chi connectivity index (χ4n) is 2.89. The van der Waals surface area contributed by atoms with Crippen LogP contribution in [0.5, 0.6) is 0 Å². The molecule has 1 aromatic heterocycles. The van der Waals surface area contributed by atoms with Gasteiger partial charge in [0.05, 0.1) is 4.92 Å². The third-order valence-corrected chi connectivity index (χ3v) is 4.03. The number of piperidine rings is 1. The number of nitro benzene ring substituents is 1. The Hall–Kier alpha value is -2.64. The smallest absolute Gasteiger partial charge is 0.392 e. The van der Waals surface area contributed by atoms with E-state index in [-0.39, 0.29) is 16.5 Å². The maximum absolute atomic E-state index is 11.0. The summed E-state index contributed by atoms with van der Waals surface area (Å²) in [6.07, 6.45) is 1.65. The third-order valence-electron chi connectivity index (χ3n) is 4.03. The van der Waals surface area contributed by atoms with Gasteiger partial charge in [0.15, 0.2) is 0 Å². The number of aromatic nitrogens is 2. The van der Waals surface area contributed by atoms with Crippen molar-refractivity contribution in [1.29, 1.82) is 0 Å². The number of nitro groups is 1. The summed E-state index contributed by atoms with van der Waals surface area (Å²) in [5, 5.41) is 17.0. The number of hydrogen-bond donors (Lipinski definition) is 1. The van der Waals surface area contributed by atoms with Crippen LogP contribution in [0, 0.1) is 17.0 Å². The van der Waals surface area contributed by atoms with Crippen LogP contribution in [0.4, 0.5) is 11.4 Å². The number of aryl methyl sites for hydroxylation is 1. The second kappa shape index (κ2) is 5.63. The Bertz CT molecular complexity index is 743. The normalized spacial score (nSPS) is 16.0. The van der Waals surface area contributed by atoms with E-state index < -0.39 is 5.76 Å². The molecule has 0 bridgehead atoms. The summed E-state index contributed by atoms with van der Waals surface area (Å²) < 4.78 is 5.01. The summed E-state index contributed by atoms with van der Waals surface area (Å²) in [7, 11) is 0. The number of nitrogens with zero attached hydrogens (tertiary/aromatic N) is 3. The van der Waals surface area contributed by atoms with Crippen LogP contribution in [-0.4, -0.2) is 28.2 Å². The molecule has 0 amide bonds. The van der Waals surface area contributed by atoms with Gasteiger partial charge >= 0.3 is 5.76 Å². The van der Waals surface area contributed by atoms with Gasteiger partial charge in [0.2, 0.25) is 5.89 Å². The maximum atomic E-state index is 11.0. The lowest BCUT2D eigenvalue weighted by atomic mass is 9.96. The van der Waals surface area contributed by atoms with Gasteiger partial charge in [0.25, 0.3) is 5.69 Å². The molecule has 8 heteroatoms. The topological polar surface area (TPSA) is 105 Å². The van der Waals surface area contributed by atoms with Crippen LogP contribution in [0.3, 0.4) is 0 Å². The molecule has 0 unspecified atom stereocenters. The highest BCUT2D eigenvalue weighted by Gasteiger charge is 2.25. The van der Waals surface area contributed by atoms with E-state index in [1.165, 1.54) is 6.07 Å². The summed E-state index contributed by atoms with van der Waals surface area (Å²) >= 11 is 0. The van der Waals surface area contributed by atoms with Gasteiger partial charge in [0, 0.05) is 36.8 Å². The highest BCUT2D eigenvalue weighted by molar-refractivity contribution is 5.57. The summed E-state index contributed by atoms with van der Waals surface area (Å²) in [6, 6.07) is 4.91. The van der Waals surface area contributed by atoms with E-state index in [9.17, 15) is 14.9 Å². The van der Waals surface area contributed by atoms with E-state index in [1.54, 1.807) is 12.1 Å². The first-order valence-electron chi connectivity index (χ1n) is 7.10. The number of nitrogens with one attached hydrogen (secondary N) is 1. The Morgan fingerprint density at radius 3 is 2.68 bits per heavy atom. The fourth-order valence-corrected chi connectivity index (χ4v) is 2.89. The van der Waals surface area contributed by atoms with E-state index in [0.717, 1.165) is 37.2 Å². The van der Waals surface area contributed by atoms with Gasteiger partial charge in [-0.3, -0.25) is 10.1 Å². The Kier molecular flexibility index (Phi) is 3.66. The van der Waals surface area contributed by atoms with E-state index in [4.69, 9.17) is 4.42 Å². The predicted molar refractivity (Wildman–Crippen MR) is 79.1 cm³/mol. The van der Waals surface area contributed by atoms with Crippen LogP contribution in [0.1, 0.15) is 30.2 Å². The quantitative estimate of drug-likeness (QED) is 0.686. The first kappa shape index (κ1) is 14.3. The molecule has 1 aliphatic heterocycles. The van der Waals surface area contributed by atoms with Crippen molar-refractivity contribution >= 4 is 11.4 Å². The van der Waals surface area contributed by atoms with Gasteiger partial charge in [-0.2, -0.15) is 0 Å². The largest absolute Gasteiger partial charge is 0.434 e. The number of aromatic amines is 1. The molecule has 116 valence electrons. The van der Waals surface area contributed by atoms with Crippen LogP contribution in [0.15, 0.2) is 27.4 Å². The van der Waals surface area contributed by atoms with Crippen molar-refractivity contribution in [2.45, 2.75) is 25.7 Å². The molecule has 2 aromatic rings. The molecule has 1 aromatic carbocycles. The van der Waals surface area contributed by atoms with Crippen molar-refractivity contribution in [3.05, 3.63) is 50.3 Å². The summed E-state index contributed by atoms with van der Waals surface area (Å²) in [6.45, 7) is 3.46. The lowest BCUT2D eigenvalue weighted by Gasteiger charge is -2.33. The molecule has 22 heavy (non-hydrogen) atoms. The van der Waals surface area contributed by atoms with Crippen molar-refractivity contribution in [2.24, 2.45) is 0 Å². The molecule has 0 radical (unpaired) electrons. The van der Waals surface area contributed by atoms with E-state index >= 15 is 0 Å². The number of benzene rings is 1. The molecular weight excluding hydrogens is 288 g/mol. The molecule has 8 nitrogen and oxygen atoms in total. The number of rotatable bonds is 3. The highest BCUT2D eigenvalue weighted by atomic mass is 16.6. The van der Waals surface area contributed by atoms with Gasteiger partial charge in [-0.1, -0.05) is 0 Å². The average Bonchev–Trinajstić information content (AvgIpc) is 2.94. The number of hydrogen-bond acceptors (Lipinski definition) is 6. The maximum Gasteiger partial charge on any atom is 0.434 e. The van der Waals surface area contributed by atoms with Crippen LogP contribution in [0.25, 0.3) is 0 Å². The zero-order valence-corrected chi connectivity index (χ0v) is 12.1. The van der Waals surface area contributed by atoms with E-state index in [0.29, 0.717) is 5.89 Å². The monoisotopic (exact) mass is 304 g/mol. The lowest BCUT2D eigenvalue weighted by Crippen LogP contribution is -2.33. The van der Waals surface area contributed by atoms with Gasteiger partial charge < -0.3 is 9.32 Å². The molecule has 1 saturated heterocycles. The minimum Gasteiger partial charge on any atom is -0.392 e. The van der Waals surface area contributed by atoms with Crippen molar-refractivity contribution in [3.63, 3.8) is 0 Å². The molecule has 0 saturated carbocycles. The molecule has 0 aliphatic carbocycles. The number of H-pyrrole nitrogens is 1. The van der Waals surface area contributed by atoms with Crippen molar-refractivity contribution in [1.82, 2.24) is 10.2 Å². The minimum atomic E-state index is -0.524. The second-order valence-corrected chi connectivity index (χ2v) is 5.44. The van der Waals surface area contributed by atoms with Gasteiger partial charge in [0.1, 0.15) is 0 Å². The molecule has 3 rings (SSSR count). The Morgan fingerprint density at radius 1 is 1.41 bits per heavy atom. The van der Waals surface area contributed by atoms with Crippen molar-refractivity contribution < 1.29 is 9.34 Å². The molecule has 2 heterocycles. The molecule has 0 spiro atoms. The van der Waals surface area contributed by atoms with Gasteiger partial charge in [-0.05, 0) is 31.4 Å². The van der Waals surface area contributed by atoms with E-state index in [1.807, 2.05) is 6.92 Å². The standard InChI is InChI=1S/C14H16N4O4/c1-9-8-11(18(20)21)2-3-12(9)17-6-4-10(5-7-17)13-15-16-14(19)22-13/h2-3,8,10H,4-7H2,1H3,(H,16,19). The lowest BCUT2D eigenvalue weighted by molar-refractivity contribution is -0.384. The Morgan fingerprint density at radius 2 is 2.14 bits per heavy atom. The number of anilines is 1. The predicted octanol–water partition coefficient (Wildman–Crippen LogP) is 1.96. The van der Waals surface area contributed by atoms with Crippen LogP contribution < -0.4 is 10.7 Å². The minimum absolute atomic E-state index is 0.106.